The molecular formula is C15H15F2N3O3S. The average Bonchev–Trinajstić information content (AvgIpc) is 3.02. The van der Waals surface area contributed by atoms with Crippen LogP contribution in [0.3, 0.4) is 0 Å². The molecule has 0 saturated heterocycles. The number of nitrogens with two attached hydrogens (primary N) is 1. The highest BCUT2D eigenvalue weighted by Gasteiger charge is 2.18. The summed E-state index contributed by atoms with van der Waals surface area (Å²) in [5, 5.41) is 6.96. The van der Waals surface area contributed by atoms with E-state index in [-0.39, 0.29) is 18.1 Å². The van der Waals surface area contributed by atoms with Crippen molar-refractivity contribution in [2.45, 2.75) is 19.1 Å². The summed E-state index contributed by atoms with van der Waals surface area (Å²) in [6.07, 6.45) is -0.0151. The number of hydrogen-bond acceptors (Lipinski definition) is 4. The Morgan fingerprint density at radius 2 is 1.92 bits per heavy atom. The van der Waals surface area contributed by atoms with Crippen LogP contribution in [-0.2, 0) is 4.79 Å². The van der Waals surface area contributed by atoms with Crippen LogP contribution < -0.4 is 21.1 Å². The molecule has 9 heteroatoms. The van der Waals surface area contributed by atoms with E-state index in [4.69, 9.17) is 5.73 Å². The number of primary amides is 1. The van der Waals surface area contributed by atoms with Crippen LogP contribution in [0.4, 0.5) is 19.3 Å². The molecule has 1 aromatic heterocycles. The zero-order valence-corrected chi connectivity index (χ0v) is 13.2. The Balaban J connectivity index is 1.96. The highest BCUT2D eigenvalue weighted by Crippen LogP contribution is 2.23. The second-order valence-electron chi connectivity index (χ2n) is 4.73. The molecule has 0 spiro atoms. The number of anilines is 1. The molecule has 0 aliphatic rings. The van der Waals surface area contributed by atoms with Crippen LogP contribution in [0.1, 0.15) is 17.3 Å². The van der Waals surface area contributed by atoms with Crippen LogP contribution in [-0.4, -0.2) is 18.5 Å². The number of carbonyl (C=O) groups is 2. The zero-order valence-electron chi connectivity index (χ0n) is 12.4. The lowest BCUT2D eigenvalue weighted by molar-refractivity contribution is -0.116. The minimum atomic E-state index is -2.91. The first kappa shape index (κ1) is 17.7. The topological polar surface area (TPSA) is 93.5 Å². The molecule has 0 radical (unpaired) electrons. The standard InChI is InChI=1S/C15H15F2N3O3S/c16-14(17)23-10-5-3-9(4-6-10)19-13(21)8-11(20-15(18)22)12-2-1-7-24-12/h1-7,11,14H,8H2,(H,19,21)(H3,18,20,22)/t11-/m0/s1. The van der Waals surface area contributed by atoms with Crippen LogP contribution in [0, 0.1) is 0 Å². The molecule has 1 aromatic carbocycles. The fourth-order valence-electron chi connectivity index (χ4n) is 2.00. The van der Waals surface area contributed by atoms with Crippen molar-refractivity contribution in [3.63, 3.8) is 0 Å². The molecule has 0 aliphatic carbocycles. The second-order valence-corrected chi connectivity index (χ2v) is 5.71. The molecule has 4 N–H and O–H groups in total. The van der Waals surface area contributed by atoms with Gasteiger partial charge < -0.3 is 21.1 Å². The number of alkyl halides is 2. The highest BCUT2D eigenvalue weighted by molar-refractivity contribution is 7.10. The molecule has 6 nitrogen and oxygen atoms in total. The molecule has 1 atom stereocenters. The Labute approximate surface area is 140 Å². The first-order valence-electron chi connectivity index (χ1n) is 6.88. The third-order valence-corrected chi connectivity index (χ3v) is 3.94. The smallest absolute Gasteiger partial charge is 0.387 e. The van der Waals surface area contributed by atoms with Gasteiger partial charge in [-0.1, -0.05) is 6.07 Å². The van der Waals surface area contributed by atoms with Crippen molar-refractivity contribution in [3.05, 3.63) is 46.7 Å². The number of hydrogen-bond donors (Lipinski definition) is 3. The van der Waals surface area contributed by atoms with Crippen molar-refractivity contribution >= 4 is 29.0 Å². The number of ether oxygens (including phenoxy) is 1. The van der Waals surface area contributed by atoms with E-state index in [0.717, 1.165) is 4.88 Å². The van der Waals surface area contributed by atoms with Crippen molar-refractivity contribution < 1.29 is 23.1 Å². The van der Waals surface area contributed by atoms with Crippen molar-refractivity contribution in [2.75, 3.05) is 5.32 Å². The van der Waals surface area contributed by atoms with Gasteiger partial charge in [0.25, 0.3) is 0 Å². The minimum Gasteiger partial charge on any atom is -0.435 e. The van der Waals surface area contributed by atoms with Crippen molar-refractivity contribution in [1.29, 1.82) is 0 Å². The quantitative estimate of drug-likeness (QED) is 0.712. The first-order chi connectivity index (χ1) is 11.4. The summed E-state index contributed by atoms with van der Waals surface area (Å²) in [6.45, 7) is -2.91. The van der Waals surface area contributed by atoms with E-state index >= 15 is 0 Å². The lowest BCUT2D eigenvalue weighted by Crippen LogP contribution is -2.34. The Bertz CT molecular complexity index is 678. The van der Waals surface area contributed by atoms with E-state index in [9.17, 15) is 18.4 Å². The highest BCUT2D eigenvalue weighted by atomic mass is 32.1. The van der Waals surface area contributed by atoms with E-state index in [2.05, 4.69) is 15.4 Å². The van der Waals surface area contributed by atoms with Gasteiger partial charge in [-0.05, 0) is 35.7 Å². The Hall–Kier alpha value is -2.68. The normalized spacial score (nSPS) is 11.8. The average molecular weight is 355 g/mol. The maximum Gasteiger partial charge on any atom is 0.387 e. The van der Waals surface area contributed by atoms with E-state index in [1.165, 1.54) is 35.6 Å². The van der Waals surface area contributed by atoms with Crippen LogP contribution in [0.5, 0.6) is 5.75 Å². The van der Waals surface area contributed by atoms with Crippen molar-refractivity contribution in [2.24, 2.45) is 5.73 Å². The molecule has 0 bridgehead atoms. The summed E-state index contributed by atoms with van der Waals surface area (Å²) in [5.41, 5.74) is 5.55. The van der Waals surface area contributed by atoms with Gasteiger partial charge in [0.05, 0.1) is 12.5 Å². The van der Waals surface area contributed by atoms with Gasteiger partial charge >= 0.3 is 12.6 Å². The summed E-state index contributed by atoms with van der Waals surface area (Å²) >= 11 is 1.39. The van der Waals surface area contributed by atoms with Gasteiger partial charge in [-0.3, -0.25) is 4.79 Å². The number of thiophene rings is 1. The van der Waals surface area contributed by atoms with Gasteiger partial charge in [0, 0.05) is 10.6 Å². The lowest BCUT2D eigenvalue weighted by atomic mass is 10.1. The van der Waals surface area contributed by atoms with Gasteiger partial charge in [-0.15, -0.1) is 11.3 Å². The molecule has 1 heterocycles. The van der Waals surface area contributed by atoms with E-state index in [1.807, 2.05) is 5.38 Å². The molecule has 24 heavy (non-hydrogen) atoms. The van der Waals surface area contributed by atoms with Gasteiger partial charge in [0.1, 0.15) is 5.75 Å². The SMILES string of the molecule is NC(=O)N[C@@H](CC(=O)Nc1ccc(OC(F)F)cc1)c1cccs1. The number of rotatable bonds is 7. The van der Waals surface area contributed by atoms with Crippen molar-refractivity contribution in [1.82, 2.24) is 5.32 Å². The van der Waals surface area contributed by atoms with Crippen molar-refractivity contribution in [3.8, 4) is 5.75 Å². The minimum absolute atomic E-state index is 0.00476. The van der Waals surface area contributed by atoms with E-state index in [1.54, 1.807) is 12.1 Å². The molecule has 0 unspecified atom stereocenters. The van der Waals surface area contributed by atoms with Gasteiger partial charge in [0.2, 0.25) is 5.91 Å². The third kappa shape index (κ3) is 5.51. The van der Waals surface area contributed by atoms with Crippen LogP contribution >= 0.6 is 11.3 Å². The summed E-state index contributed by atoms with van der Waals surface area (Å²) in [6, 6.07) is 7.85. The molecule has 0 saturated carbocycles. The second kappa shape index (κ2) is 8.25. The maximum absolute atomic E-state index is 12.1. The Morgan fingerprint density at radius 1 is 1.21 bits per heavy atom. The fraction of sp³-hybridized carbons (Fsp3) is 0.200. The fourth-order valence-corrected chi connectivity index (χ4v) is 2.78. The molecular weight excluding hydrogens is 340 g/mol. The number of halogens is 2. The van der Waals surface area contributed by atoms with Crippen LogP contribution in [0.25, 0.3) is 0 Å². The lowest BCUT2D eigenvalue weighted by Gasteiger charge is -2.16. The molecule has 2 aromatic rings. The number of urea groups is 1. The summed E-state index contributed by atoms with van der Waals surface area (Å²) in [5.74, 6) is -0.362. The summed E-state index contributed by atoms with van der Waals surface area (Å²) in [4.78, 5) is 24.0. The molecule has 0 aliphatic heterocycles. The van der Waals surface area contributed by atoms with Crippen LogP contribution in [0.2, 0.25) is 0 Å². The molecule has 0 fully saturated rings. The molecule has 2 rings (SSSR count). The maximum atomic E-state index is 12.1. The van der Waals surface area contributed by atoms with Crippen LogP contribution in [0.15, 0.2) is 41.8 Å². The molecule has 128 valence electrons. The van der Waals surface area contributed by atoms with E-state index in [0.29, 0.717) is 5.69 Å². The van der Waals surface area contributed by atoms with E-state index < -0.39 is 18.7 Å². The van der Waals surface area contributed by atoms with Gasteiger partial charge in [-0.25, -0.2) is 4.79 Å². The first-order valence-corrected chi connectivity index (χ1v) is 7.76. The largest absolute Gasteiger partial charge is 0.435 e. The monoisotopic (exact) mass is 355 g/mol. The number of amides is 3. The number of nitrogens with one attached hydrogen (secondary N) is 2. The summed E-state index contributed by atoms with van der Waals surface area (Å²) in [7, 11) is 0. The zero-order chi connectivity index (χ0) is 17.5. The number of benzene rings is 1. The third-order valence-electron chi connectivity index (χ3n) is 2.96. The van der Waals surface area contributed by atoms with Gasteiger partial charge in [-0.2, -0.15) is 8.78 Å². The predicted molar refractivity (Wildman–Crippen MR) is 86.1 cm³/mol. The predicted octanol–water partition coefficient (Wildman–Crippen LogP) is 3.09. The number of carbonyl (C=O) groups excluding carboxylic acids is 2. The summed E-state index contributed by atoms with van der Waals surface area (Å²) < 4.78 is 28.4. The molecule has 3 amide bonds. The Kier molecular flexibility index (Phi) is 6.07. The van der Waals surface area contributed by atoms with Gasteiger partial charge in [0.15, 0.2) is 0 Å². The Morgan fingerprint density at radius 3 is 2.46 bits per heavy atom.